The summed E-state index contributed by atoms with van der Waals surface area (Å²) in [6.45, 7) is 6.32. The van der Waals surface area contributed by atoms with Gasteiger partial charge in [-0.05, 0) is 18.9 Å². The molecule has 0 atom stereocenters. The predicted molar refractivity (Wildman–Crippen MR) is 103 cm³/mol. The van der Waals surface area contributed by atoms with Gasteiger partial charge in [0.15, 0.2) is 0 Å². The molecule has 0 saturated carbocycles. The molecule has 1 aromatic carbocycles. The molecule has 7 heteroatoms. The molecule has 0 aliphatic heterocycles. The lowest BCUT2D eigenvalue weighted by molar-refractivity contribution is -0.115. The van der Waals surface area contributed by atoms with Crippen molar-refractivity contribution in [1.82, 2.24) is 15.2 Å². The smallest absolute Gasteiger partial charge is 0.232 e. The first-order chi connectivity index (χ1) is 12.0. The highest BCUT2D eigenvalue weighted by Crippen LogP contribution is 2.25. The Morgan fingerprint density at radius 2 is 2.12 bits per heavy atom. The van der Waals surface area contributed by atoms with E-state index in [2.05, 4.69) is 53.4 Å². The fourth-order valence-corrected chi connectivity index (χ4v) is 4.15. The number of rotatable bonds is 6. The van der Waals surface area contributed by atoms with Crippen LogP contribution in [0.4, 0.5) is 5.13 Å². The highest BCUT2D eigenvalue weighted by molar-refractivity contribution is 7.15. The minimum atomic E-state index is -0.117. The molecule has 2 heterocycles. The summed E-state index contributed by atoms with van der Waals surface area (Å²) in [5.41, 5.74) is 3.05. The summed E-state index contributed by atoms with van der Waals surface area (Å²) in [5, 5.41) is 15.3. The SMILES string of the molecule is Cc1cccc(-c2nc(CC(=O)Nc3nnc(CC(C)C)s3)cs2)c1. The Bertz CT molecular complexity index is 869. The maximum Gasteiger partial charge on any atom is 0.232 e. The van der Waals surface area contributed by atoms with E-state index in [9.17, 15) is 4.79 Å². The van der Waals surface area contributed by atoms with Crippen molar-refractivity contribution in [2.75, 3.05) is 5.32 Å². The van der Waals surface area contributed by atoms with E-state index in [1.165, 1.54) is 16.9 Å². The molecule has 0 saturated heterocycles. The normalized spacial score (nSPS) is 11.0. The van der Waals surface area contributed by atoms with Gasteiger partial charge in [0.2, 0.25) is 11.0 Å². The highest BCUT2D eigenvalue weighted by Gasteiger charge is 2.12. The van der Waals surface area contributed by atoms with Crippen LogP contribution >= 0.6 is 22.7 Å². The fraction of sp³-hybridized carbons (Fsp3) is 0.333. The van der Waals surface area contributed by atoms with Crippen molar-refractivity contribution in [3.63, 3.8) is 0 Å². The van der Waals surface area contributed by atoms with Gasteiger partial charge in [0.1, 0.15) is 10.0 Å². The average molecular weight is 373 g/mol. The molecule has 0 fully saturated rings. The van der Waals surface area contributed by atoms with E-state index in [4.69, 9.17) is 0 Å². The van der Waals surface area contributed by atoms with Crippen LogP contribution in [0.1, 0.15) is 30.1 Å². The van der Waals surface area contributed by atoms with E-state index in [1.54, 1.807) is 11.3 Å². The molecule has 0 bridgehead atoms. The number of nitrogens with zero attached hydrogens (tertiary/aromatic N) is 3. The minimum absolute atomic E-state index is 0.117. The molecule has 0 unspecified atom stereocenters. The number of thiazole rings is 1. The van der Waals surface area contributed by atoms with Crippen LogP contribution in [-0.2, 0) is 17.6 Å². The second kappa shape index (κ2) is 7.84. The van der Waals surface area contributed by atoms with Crippen molar-refractivity contribution >= 4 is 33.7 Å². The monoisotopic (exact) mass is 372 g/mol. The molecule has 3 aromatic rings. The van der Waals surface area contributed by atoms with Gasteiger partial charge in [-0.15, -0.1) is 21.5 Å². The molecule has 0 radical (unpaired) electrons. The third-order valence-electron chi connectivity index (χ3n) is 3.45. The van der Waals surface area contributed by atoms with E-state index in [-0.39, 0.29) is 12.3 Å². The van der Waals surface area contributed by atoms with Gasteiger partial charge in [-0.25, -0.2) is 4.98 Å². The third-order valence-corrected chi connectivity index (χ3v) is 5.26. The van der Waals surface area contributed by atoms with Crippen LogP contribution in [0.15, 0.2) is 29.6 Å². The first kappa shape index (κ1) is 17.7. The Hall–Kier alpha value is -2.12. The molecule has 2 aromatic heterocycles. The maximum absolute atomic E-state index is 12.2. The van der Waals surface area contributed by atoms with Gasteiger partial charge in [0.05, 0.1) is 12.1 Å². The third kappa shape index (κ3) is 4.93. The minimum Gasteiger partial charge on any atom is -0.300 e. The fourth-order valence-electron chi connectivity index (χ4n) is 2.36. The summed E-state index contributed by atoms with van der Waals surface area (Å²) in [4.78, 5) is 16.8. The molecular weight excluding hydrogens is 352 g/mol. The van der Waals surface area contributed by atoms with Crippen molar-refractivity contribution in [3.05, 3.63) is 45.9 Å². The zero-order valence-corrected chi connectivity index (χ0v) is 16.1. The molecule has 130 valence electrons. The topological polar surface area (TPSA) is 67.8 Å². The zero-order valence-electron chi connectivity index (χ0n) is 14.4. The van der Waals surface area contributed by atoms with Gasteiger partial charge >= 0.3 is 0 Å². The number of benzene rings is 1. The Morgan fingerprint density at radius 3 is 2.88 bits per heavy atom. The number of hydrogen-bond acceptors (Lipinski definition) is 6. The second-order valence-corrected chi connectivity index (χ2v) is 8.26. The molecule has 0 spiro atoms. The first-order valence-electron chi connectivity index (χ1n) is 8.13. The van der Waals surface area contributed by atoms with Crippen molar-refractivity contribution in [1.29, 1.82) is 0 Å². The van der Waals surface area contributed by atoms with Gasteiger partial charge in [-0.1, -0.05) is 48.9 Å². The van der Waals surface area contributed by atoms with E-state index in [1.807, 2.05) is 17.5 Å². The predicted octanol–water partition coefficient (Wildman–Crippen LogP) is 4.35. The number of aryl methyl sites for hydroxylation is 1. The standard InChI is InChI=1S/C18H20N4OS2/c1-11(2)7-16-21-22-18(25-16)20-15(23)9-14-10-24-17(19-14)13-6-4-5-12(3)8-13/h4-6,8,10-11H,7,9H2,1-3H3,(H,20,22,23). The van der Waals surface area contributed by atoms with Crippen LogP contribution in [-0.4, -0.2) is 21.1 Å². The van der Waals surface area contributed by atoms with Gasteiger partial charge in [-0.2, -0.15) is 0 Å². The Labute approximate surface area is 155 Å². The lowest BCUT2D eigenvalue weighted by atomic mass is 10.1. The Kier molecular flexibility index (Phi) is 5.55. The summed E-state index contributed by atoms with van der Waals surface area (Å²) in [6.07, 6.45) is 1.11. The van der Waals surface area contributed by atoms with Crippen LogP contribution in [0, 0.1) is 12.8 Å². The zero-order chi connectivity index (χ0) is 17.8. The number of aromatic nitrogens is 3. The summed E-state index contributed by atoms with van der Waals surface area (Å²) in [7, 11) is 0. The lowest BCUT2D eigenvalue weighted by Crippen LogP contribution is -2.14. The van der Waals surface area contributed by atoms with E-state index in [0.717, 1.165) is 27.7 Å². The Balaban J connectivity index is 1.61. The van der Waals surface area contributed by atoms with Crippen molar-refractivity contribution in [2.45, 2.75) is 33.6 Å². The quantitative estimate of drug-likeness (QED) is 0.698. The van der Waals surface area contributed by atoms with Gasteiger partial charge < -0.3 is 5.32 Å². The van der Waals surface area contributed by atoms with Gasteiger partial charge in [-0.3, -0.25) is 4.79 Å². The molecule has 3 rings (SSSR count). The molecular formula is C18H20N4OS2. The number of amides is 1. The first-order valence-corrected chi connectivity index (χ1v) is 9.83. The average Bonchev–Trinajstić information content (AvgIpc) is 3.16. The molecule has 1 N–H and O–H groups in total. The number of hydrogen-bond donors (Lipinski definition) is 1. The van der Waals surface area contributed by atoms with E-state index >= 15 is 0 Å². The van der Waals surface area contributed by atoms with Crippen LogP contribution in [0.25, 0.3) is 10.6 Å². The molecule has 5 nitrogen and oxygen atoms in total. The number of carbonyl (C=O) groups excluding carboxylic acids is 1. The van der Waals surface area contributed by atoms with Crippen LogP contribution in [0.2, 0.25) is 0 Å². The van der Waals surface area contributed by atoms with Crippen LogP contribution in [0.3, 0.4) is 0 Å². The number of carbonyl (C=O) groups is 1. The summed E-state index contributed by atoms with van der Waals surface area (Å²) >= 11 is 2.99. The lowest BCUT2D eigenvalue weighted by Gasteiger charge is -1.99. The molecule has 0 aliphatic carbocycles. The van der Waals surface area contributed by atoms with Crippen molar-refractivity contribution in [2.24, 2.45) is 5.92 Å². The summed E-state index contributed by atoms with van der Waals surface area (Å²) < 4.78 is 0. The highest BCUT2D eigenvalue weighted by atomic mass is 32.1. The number of nitrogens with one attached hydrogen (secondary N) is 1. The van der Waals surface area contributed by atoms with Crippen molar-refractivity contribution in [3.8, 4) is 10.6 Å². The van der Waals surface area contributed by atoms with Crippen LogP contribution in [0.5, 0.6) is 0 Å². The largest absolute Gasteiger partial charge is 0.300 e. The molecule has 0 aliphatic rings. The summed E-state index contributed by atoms with van der Waals surface area (Å²) in [5.74, 6) is 0.403. The van der Waals surface area contributed by atoms with Gasteiger partial charge in [0, 0.05) is 17.4 Å². The van der Waals surface area contributed by atoms with E-state index < -0.39 is 0 Å². The Morgan fingerprint density at radius 1 is 1.28 bits per heavy atom. The van der Waals surface area contributed by atoms with E-state index in [0.29, 0.717) is 11.0 Å². The summed E-state index contributed by atoms with van der Waals surface area (Å²) in [6, 6.07) is 8.21. The second-order valence-electron chi connectivity index (χ2n) is 6.34. The maximum atomic E-state index is 12.2. The molecule has 25 heavy (non-hydrogen) atoms. The van der Waals surface area contributed by atoms with Crippen molar-refractivity contribution < 1.29 is 4.79 Å². The molecule has 1 amide bonds. The number of anilines is 1. The van der Waals surface area contributed by atoms with Crippen LogP contribution < -0.4 is 5.32 Å². The van der Waals surface area contributed by atoms with Gasteiger partial charge in [0.25, 0.3) is 0 Å².